The van der Waals surface area contributed by atoms with Crippen LogP contribution in [-0.2, 0) is 4.79 Å². The summed E-state index contributed by atoms with van der Waals surface area (Å²) in [5.41, 5.74) is 0. The van der Waals surface area contributed by atoms with Gasteiger partial charge in [-0.15, -0.1) is 0 Å². The zero-order chi connectivity index (χ0) is 14.9. The third-order valence-corrected chi connectivity index (χ3v) is 5.06. The van der Waals surface area contributed by atoms with Crippen molar-refractivity contribution < 1.29 is 14.7 Å². The predicted molar refractivity (Wildman–Crippen MR) is 76.5 cm³/mol. The van der Waals surface area contributed by atoms with E-state index in [9.17, 15) is 14.7 Å². The van der Waals surface area contributed by atoms with E-state index < -0.39 is 12.0 Å². The Labute approximate surface area is 120 Å². The summed E-state index contributed by atoms with van der Waals surface area (Å²) in [4.78, 5) is 27.4. The number of carboxylic acids is 1. The largest absolute Gasteiger partial charge is 0.480 e. The van der Waals surface area contributed by atoms with Gasteiger partial charge < -0.3 is 14.9 Å². The lowest BCUT2D eigenvalue weighted by Crippen LogP contribution is -2.52. The second-order valence-corrected chi connectivity index (χ2v) is 6.46. The number of hydrogen-bond acceptors (Lipinski definition) is 2. The van der Waals surface area contributed by atoms with Crippen LogP contribution >= 0.6 is 0 Å². The van der Waals surface area contributed by atoms with Gasteiger partial charge in [0.2, 0.25) is 0 Å². The molecule has 20 heavy (non-hydrogen) atoms. The van der Waals surface area contributed by atoms with Gasteiger partial charge in [0.05, 0.1) is 0 Å². The van der Waals surface area contributed by atoms with E-state index in [1.807, 2.05) is 14.0 Å². The number of carbonyl (C=O) groups is 2. The average Bonchev–Trinajstić information content (AvgIpc) is 2.79. The number of likely N-dealkylation sites (tertiary alicyclic amines) is 1. The molecule has 1 N–H and O–H groups in total. The predicted octanol–water partition coefficient (Wildman–Crippen LogP) is 2.41. The fourth-order valence-electron chi connectivity index (χ4n) is 3.75. The molecule has 5 nitrogen and oxygen atoms in total. The van der Waals surface area contributed by atoms with E-state index in [0.717, 1.165) is 25.7 Å². The summed E-state index contributed by atoms with van der Waals surface area (Å²) in [5.74, 6) is -0.344. The summed E-state index contributed by atoms with van der Waals surface area (Å²) in [6.07, 6.45) is 5.35. The first-order valence-corrected chi connectivity index (χ1v) is 7.69. The lowest BCUT2D eigenvalue weighted by atomic mass is 9.85. The molecular formula is C15H26N2O3. The van der Waals surface area contributed by atoms with Gasteiger partial charge in [-0.3, -0.25) is 0 Å². The van der Waals surface area contributed by atoms with Crippen molar-refractivity contribution in [1.29, 1.82) is 0 Å². The molecule has 1 heterocycles. The van der Waals surface area contributed by atoms with Gasteiger partial charge in [0.1, 0.15) is 6.04 Å². The molecule has 1 aliphatic carbocycles. The average molecular weight is 282 g/mol. The van der Waals surface area contributed by atoms with E-state index >= 15 is 0 Å². The first-order valence-electron chi connectivity index (χ1n) is 7.69. The van der Waals surface area contributed by atoms with Crippen molar-refractivity contribution in [3.63, 3.8) is 0 Å². The molecule has 2 fully saturated rings. The summed E-state index contributed by atoms with van der Waals surface area (Å²) >= 11 is 0. The zero-order valence-electron chi connectivity index (χ0n) is 12.7. The lowest BCUT2D eigenvalue weighted by Gasteiger charge is -2.39. The van der Waals surface area contributed by atoms with Crippen molar-refractivity contribution in [3.05, 3.63) is 0 Å². The number of carboxylic acid groups (broad SMARTS) is 1. The maximum absolute atomic E-state index is 12.6. The number of nitrogens with zero attached hydrogens (tertiary/aromatic N) is 2. The van der Waals surface area contributed by atoms with E-state index in [0.29, 0.717) is 12.5 Å². The quantitative estimate of drug-likeness (QED) is 0.846. The highest BCUT2D eigenvalue weighted by atomic mass is 16.4. The summed E-state index contributed by atoms with van der Waals surface area (Å²) in [5, 5.41) is 9.33. The summed E-state index contributed by atoms with van der Waals surface area (Å²) < 4.78 is 0. The van der Waals surface area contributed by atoms with E-state index in [-0.39, 0.29) is 18.0 Å². The van der Waals surface area contributed by atoms with Crippen LogP contribution in [-0.4, -0.2) is 52.6 Å². The molecule has 0 aromatic rings. The smallest absolute Gasteiger partial charge is 0.326 e. The van der Waals surface area contributed by atoms with Gasteiger partial charge in [0.25, 0.3) is 0 Å². The maximum atomic E-state index is 12.6. The summed E-state index contributed by atoms with van der Waals surface area (Å²) in [6, 6.07) is -0.522. The second-order valence-electron chi connectivity index (χ2n) is 6.46. The van der Waals surface area contributed by atoms with Gasteiger partial charge in [-0.1, -0.05) is 26.7 Å². The van der Waals surface area contributed by atoms with Crippen LogP contribution < -0.4 is 0 Å². The number of carbonyl (C=O) groups excluding carboxylic acids is 1. The number of rotatable bonds is 2. The van der Waals surface area contributed by atoms with E-state index in [2.05, 4.69) is 6.92 Å². The van der Waals surface area contributed by atoms with Gasteiger partial charge >= 0.3 is 12.0 Å². The minimum absolute atomic E-state index is 0.0358. The normalized spacial score (nSPS) is 34.0. The molecule has 0 bridgehead atoms. The second kappa shape index (κ2) is 6.02. The number of amides is 2. The SMILES string of the molecule is CC1CCCCC1N(C)C(=O)N1CCC(C)C1C(=O)O. The van der Waals surface area contributed by atoms with Crippen LogP contribution in [0, 0.1) is 11.8 Å². The highest BCUT2D eigenvalue weighted by molar-refractivity contribution is 5.83. The molecule has 1 saturated heterocycles. The van der Waals surface area contributed by atoms with Crippen LogP contribution in [0.2, 0.25) is 0 Å². The van der Waals surface area contributed by atoms with Gasteiger partial charge in [-0.05, 0) is 31.1 Å². The minimum atomic E-state index is -0.881. The van der Waals surface area contributed by atoms with Crippen LogP contribution in [0.25, 0.3) is 0 Å². The van der Waals surface area contributed by atoms with Crippen molar-refractivity contribution in [3.8, 4) is 0 Å². The Kier molecular flexibility index (Phi) is 4.55. The molecule has 0 radical (unpaired) electrons. The molecule has 4 unspecified atom stereocenters. The monoisotopic (exact) mass is 282 g/mol. The van der Waals surface area contributed by atoms with E-state index in [4.69, 9.17) is 0 Å². The van der Waals surface area contributed by atoms with Crippen molar-refractivity contribution in [2.45, 2.75) is 58.0 Å². The Morgan fingerprint density at radius 3 is 2.35 bits per heavy atom. The van der Waals surface area contributed by atoms with Crippen LogP contribution in [0.15, 0.2) is 0 Å². The Morgan fingerprint density at radius 1 is 1.10 bits per heavy atom. The molecular weight excluding hydrogens is 256 g/mol. The number of hydrogen-bond donors (Lipinski definition) is 1. The minimum Gasteiger partial charge on any atom is -0.480 e. The van der Waals surface area contributed by atoms with Gasteiger partial charge in [0, 0.05) is 19.6 Å². The molecule has 2 rings (SSSR count). The fraction of sp³-hybridized carbons (Fsp3) is 0.867. The standard InChI is InChI=1S/C15H26N2O3/c1-10-6-4-5-7-12(10)16(3)15(20)17-9-8-11(2)13(17)14(18)19/h10-13H,4-9H2,1-3H3,(H,18,19). The highest BCUT2D eigenvalue weighted by Crippen LogP contribution is 2.30. The number of aliphatic carboxylic acids is 1. The fourth-order valence-corrected chi connectivity index (χ4v) is 3.75. The van der Waals surface area contributed by atoms with Crippen molar-refractivity contribution in [2.24, 2.45) is 11.8 Å². The Morgan fingerprint density at radius 2 is 1.75 bits per heavy atom. The third-order valence-electron chi connectivity index (χ3n) is 5.06. The van der Waals surface area contributed by atoms with E-state index in [1.165, 1.54) is 6.42 Å². The molecule has 2 amide bonds. The third kappa shape index (κ3) is 2.76. The maximum Gasteiger partial charge on any atom is 0.326 e. The molecule has 1 aliphatic heterocycles. The lowest BCUT2D eigenvalue weighted by molar-refractivity contribution is -0.142. The summed E-state index contributed by atoms with van der Waals surface area (Å²) in [6.45, 7) is 4.66. The Balaban J connectivity index is 2.08. The zero-order valence-corrected chi connectivity index (χ0v) is 12.7. The molecule has 0 aromatic heterocycles. The first kappa shape index (κ1) is 15.1. The Hall–Kier alpha value is -1.26. The van der Waals surface area contributed by atoms with Crippen molar-refractivity contribution in [1.82, 2.24) is 9.80 Å². The number of urea groups is 1. The topological polar surface area (TPSA) is 60.9 Å². The van der Waals surface area contributed by atoms with Crippen LogP contribution in [0.4, 0.5) is 4.79 Å². The summed E-state index contributed by atoms with van der Waals surface area (Å²) in [7, 11) is 1.83. The van der Waals surface area contributed by atoms with Crippen molar-refractivity contribution >= 4 is 12.0 Å². The molecule has 5 heteroatoms. The molecule has 0 aromatic carbocycles. The van der Waals surface area contributed by atoms with Crippen LogP contribution in [0.3, 0.4) is 0 Å². The van der Waals surface area contributed by atoms with E-state index in [1.54, 1.807) is 9.80 Å². The van der Waals surface area contributed by atoms with Gasteiger partial charge in [-0.2, -0.15) is 0 Å². The van der Waals surface area contributed by atoms with Crippen LogP contribution in [0.1, 0.15) is 46.0 Å². The molecule has 0 spiro atoms. The van der Waals surface area contributed by atoms with Crippen LogP contribution in [0.5, 0.6) is 0 Å². The Bertz CT molecular complexity index is 385. The molecule has 114 valence electrons. The molecule has 4 atom stereocenters. The highest BCUT2D eigenvalue weighted by Gasteiger charge is 2.42. The van der Waals surface area contributed by atoms with Crippen molar-refractivity contribution in [2.75, 3.05) is 13.6 Å². The first-order chi connectivity index (χ1) is 9.43. The van der Waals surface area contributed by atoms with Gasteiger partial charge in [0.15, 0.2) is 0 Å². The molecule has 2 aliphatic rings. The molecule has 1 saturated carbocycles. The van der Waals surface area contributed by atoms with Gasteiger partial charge in [-0.25, -0.2) is 9.59 Å².